The van der Waals surface area contributed by atoms with Crippen LogP contribution in [0.2, 0.25) is 0 Å². The lowest BCUT2D eigenvalue weighted by Crippen LogP contribution is -2.19. The summed E-state index contributed by atoms with van der Waals surface area (Å²) in [6, 6.07) is 15.5. The smallest absolute Gasteiger partial charge is 0.225 e. The van der Waals surface area contributed by atoms with Gasteiger partial charge in [0, 0.05) is 0 Å². The predicted octanol–water partition coefficient (Wildman–Crippen LogP) is 2.37. The first kappa shape index (κ1) is 17.1. The summed E-state index contributed by atoms with van der Waals surface area (Å²) in [6.45, 7) is 0. The molecule has 1 amide bonds. The lowest BCUT2D eigenvalue weighted by atomic mass is 10.0. The fraction of sp³-hybridized carbons (Fsp3) is 0.250. The number of benzene rings is 2. The molecule has 138 valence electrons. The molecule has 1 aromatic heterocycles. The van der Waals surface area contributed by atoms with Gasteiger partial charge in [-0.1, -0.05) is 30.3 Å². The summed E-state index contributed by atoms with van der Waals surface area (Å²) in [5, 5.41) is 4.51. The zero-order valence-corrected chi connectivity index (χ0v) is 15.0. The van der Waals surface area contributed by atoms with Crippen LogP contribution in [-0.4, -0.2) is 27.8 Å². The summed E-state index contributed by atoms with van der Waals surface area (Å²) in [6.07, 6.45) is 1.34. The van der Waals surface area contributed by atoms with E-state index in [4.69, 9.17) is 15.2 Å². The van der Waals surface area contributed by atoms with Crippen molar-refractivity contribution in [1.82, 2.24) is 14.8 Å². The first-order valence-electron chi connectivity index (χ1n) is 8.78. The number of nitrogens with two attached hydrogens (primary N) is 1. The van der Waals surface area contributed by atoms with E-state index in [2.05, 4.69) is 16.1 Å². The minimum Gasteiger partial charge on any atom is -0.494 e. The van der Waals surface area contributed by atoms with Gasteiger partial charge in [-0.3, -0.25) is 4.79 Å². The van der Waals surface area contributed by atoms with E-state index < -0.39 is 5.91 Å². The average Bonchev–Trinajstić information content (AvgIpc) is 3.10. The Morgan fingerprint density at radius 2 is 2.04 bits per heavy atom. The zero-order valence-electron chi connectivity index (χ0n) is 15.0. The summed E-state index contributed by atoms with van der Waals surface area (Å²) in [4.78, 5) is 15.9. The number of carbonyl (C=O) groups excluding carboxylic acids is 1. The van der Waals surface area contributed by atoms with Crippen molar-refractivity contribution in [2.45, 2.75) is 25.4 Å². The summed E-state index contributed by atoms with van der Waals surface area (Å²) < 4.78 is 13.3. The molecule has 4 rings (SSSR count). The van der Waals surface area contributed by atoms with Gasteiger partial charge < -0.3 is 15.2 Å². The molecule has 2 heterocycles. The zero-order chi connectivity index (χ0) is 18.8. The number of carbonyl (C=O) groups is 1. The van der Waals surface area contributed by atoms with Crippen LogP contribution in [0.4, 0.5) is 0 Å². The monoisotopic (exact) mass is 364 g/mol. The lowest BCUT2D eigenvalue weighted by molar-refractivity contribution is -0.117. The Morgan fingerprint density at radius 1 is 1.26 bits per heavy atom. The molecule has 7 heteroatoms. The Labute approximate surface area is 156 Å². The number of hydrogen-bond acceptors (Lipinski definition) is 5. The highest BCUT2D eigenvalue weighted by Crippen LogP contribution is 2.35. The molecular formula is C20H20N4O3. The van der Waals surface area contributed by atoms with E-state index in [1.807, 2.05) is 42.5 Å². The van der Waals surface area contributed by atoms with Gasteiger partial charge >= 0.3 is 0 Å². The third kappa shape index (κ3) is 3.36. The van der Waals surface area contributed by atoms with Gasteiger partial charge in [-0.15, -0.1) is 0 Å². The highest BCUT2D eigenvalue weighted by Gasteiger charge is 2.28. The fourth-order valence-electron chi connectivity index (χ4n) is 3.30. The van der Waals surface area contributed by atoms with Crippen molar-refractivity contribution in [3.05, 3.63) is 65.7 Å². The average molecular weight is 364 g/mol. The van der Waals surface area contributed by atoms with Crippen LogP contribution >= 0.6 is 0 Å². The Hall–Kier alpha value is -3.35. The molecule has 0 radical (unpaired) electrons. The van der Waals surface area contributed by atoms with Gasteiger partial charge in [-0.2, -0.15) is 5.10 Å². The largest absolute Gasteiger partial charge is 0.494 e. The topological polar surface area (TPSA) is 92.3 Å². The predicted molar refractivity (Wildman–Crippen MR) is 98.9 cm³/mol. The number of fused-ring (bicyclic) bond motifs is 1. The third-order valence-corrected chi connectivity index (χ3v) is 4.53. The van der Waals surface area contributed by atoms with Gasteiger partial charge in [0.05, 0.1) is 13.5 Å². The van der Waals surface area contributed by atoms with Crippen molar-refractivity contribution in [3.8, 4) is 17.2 Å². The third-order valence-electron chi connectivity index (χ3n) is 4.53. The molecule has 0 spiro atoms. The molecule has 2 N–H and O–H groups in total. The number of aryl methyl sites for hydroxylation is 1. The van der Waals surface area contributed by atoms with Crippen molar-refractivity contribution >= 4 is 5.91 Å². The van der Waals surface area contributed by atoms with Crippen molar-refractivity contribution in [3.63, 3.8) is 0 Å². The number of aromatic nitrogens is 3. The van der Waals surface area contributed by atoms with Crippen molar-refractivity contribution in [2.75, 3.05) is 7.11 Å². The number of nitrogens with zero attached hydrogens (tertiary/aromatic N) is 3. The molecule has 0 saturated heterocycles. The number of rotatable bonds is 5. The standard InChI is InChI=1S/C20H20N4O3/c1-26-16-9-5-3-7-14(16)24-20(22-19(23-24)12-18(21)25)17-11-10-13-6-2-4-8-15(13)27-17/h2-9,17H,10-12H2,1H3,(H2,21,25)/t17-/m1/s1. The van der Waals surface area contributed by atoms with E-state index in [1.165, 1.54) is 5.56 Å². The molecule has 2 aromatic carbocycles. The molecule has 1 aliphatic heterocycles. The Kier molecular flexibility index (Phi) is 4.50. The van der Waals surface area contributed by atoms with Crippen LogP contribution in [0.3, 0.4) is 0 Å². The van der Waals surface area contributed by atoms with E-state index in [1.54, 1.807) is 11.8 Å². The molecule has 1 atom stereocenters. The van der Waals surface area contributed by atoms with Gasteiger partial charge in [0.15, 0.2) is 17.8 Å². The summed E-state index contributed by atoms with van der Waals surface area (Å²) in [5.41, 5.74) is 7.25. The Balaban J connectivity index is 1.77. The van der Waals surface area contributed by atoms with Gasteiger partial charge in [0.25, 0.3) is 0 Å². The van der Waals surface area contributed by atoms with Crippen LogP contribution in [0, 0.1) is 0 Å². The van der Waals surface area contributed by atoms with E-state index in [-0.39, 0.29) is 12.5 Å². The molecule has 0 saturated carbocycles. The molecule has 1 aliphatic rings. The van der Waals surface area contributed by atoms with Crippen LogP contribution < -0.4 is 15.2 Å². The first-order chi connectivity index (χ1) is 13.2. The molecule has 0 unspecified atom stereocenters. The van der Waals surface area contributed by atoms with E-state index in [0.29, 0.717) is 17.4 Å². The second-order valence-corrected chi connectivity index (χ2v) is 6.37. The van der Waals surface area contributed by atoms with E-state index in [9.17, 15) is 4.79 Å². The van der Waals surface area contributed by atoms with Gasteiger partial charge in [-0.05, 0) is 36.6 Å². The summed E-state index contributed by atoms with van der Waals surface area (Å²) >= 11 is 0. The first-order valence-corrected chi connectivity index (χ1v) is 8.78. The van der Waals surface area contributed by atoms with Crippen LogP contribution in [0.25, 0.3) is 5.69 Å². The number of para-hydroxylation sites is 3. The maximum atomic E-state index is 11.4. The van der Waals surface area contributed by atoms with Crippen molar-refractivity contribution < 1.29 is 14.3 Å². The molecule has 0 bridgehead atoms. The lowest BCUT2D eigenvalue weighted by Gasteiger charge is -2.25. The van der Waals surface area contributed by atoms with Gasteiger partial charge in [-0.25, -0.2) is 9.67 Å². The van der Waals surface area contributed by atoms with Crippen LogP contribution in [-0.2, 0) is 17.6 Å². The molecule has 3 aromatic rings. The van der Waals surface area contributed by atoms with Crippen LogP contribution in [0.15, 0.2) is 48.5 Å². The number of hydrogen-bond donors (Lipinski definition) is 1. The Morgan fingerprint density at radius 3 is 2.85 bits per heavy atom. The second-order valence-electron chi connectivity index (χ2n) is 6.37. The highest BCUT2D eigenvalue weighted by molar-refractivity contribution is 5.75. The molecule has 0 fully saturated rings. The van der Waals surface area contributed by atoms with Gasteiger partial charge in [0.2, 0.25) is 5.91 Å². The second kappa shape index (κ2) is 7.11. The highest BCUT2D eigenvalue weighted by atomic mass is 16.5. The maximum Gasteiger partial charge on any atom is 0.225 e. The number of primary amides is 1. The minimum absolute atomic E-state index is 0.0293. The van der Waals surface area contributed by atoms with Gasteiger partial charge in [0.1, 0.15) is 17.2 Å². The summed E-state index contributed by atoms with van der Waals surface area (Å²) in [5.74, 6) is 2.02. The number of methoxy groups -OCH3 is 1. The fourth-order valence-corrected chi connectivity index (χ4v) is 3.30. The molecule has 7 nitrogen and oxygen atoms in total. The number of ether oxygens (including phenoxy) is 2. The molecule has 0 aliphatic carbocycles. The molecular weight excluding hydrogens is 344 g/mol. The van der Waals surface area contributed by atoms with Crippen LogP contribution in [0.5, 0.6) is 11.5 Å². The van der Waals surface area contributed by atoms with Crippen LogP contribution in [0.1, 0.15) is 29.7 Å². The van der Waals surface area contributed by atoms with E-state index in [0.717, 1.165) is 24.3 Å². The molecule has 27 heavy (non-hydrogen) atoms. The number of amides is 1. The maximum absolute atomic E-state index is 11.4. The Bertz CT molecular complexity index is 983. The normalized spacial score (nSPS) is 15.7. The minimum atomic E-state index is -0.478. The van der Waals surface area contributed by atoms with E-state index >= 15 is 0 Å². The van der Waals surface area contributed by atoms with Crippen molar-refractivity contribution in [2.24, 2.45) is 5.73 Å². The summed E-state index contributed by atoms with van der Waals surface area (Å²) in [7, 11) is 1.60. The van der Waals surface area contributed by atoms with Crippen molar-refractivity contribution in [1.29, 1.82) is 0 Å². The SMILES string of the molecule is COc1ccccc1-n1nc(CC(N)=O)nc1[C@H]1CCc2ccccc2O1. The quantitative estimate of drug-likeness (QED) is 0.750.